The zero-order valence-corrected chi connectivity index (χ0v) is 9.54. The molecule has 0 aliphatic rings. The van der Waals surface area contributed by atoms with Gasteiger partial charge >= 0.3 is 0 Å². The van der Waals surface area contributed by atoms with E-state index in [1.165, 1.54) is 0 Å². The van der Waals surface area contributed by atoms with E-state index in [2.05, 4.69) is 17.0 Å². The van der Waals surface area contributed by atoms with E-state index >= 15 is 0 Å². The van der Waals surface area contributed by atoms with E-state index < -0.39 is 0 Å². The highest BCUT2D eigenvalue weighted by molar-refractivity contribution is 5.60. The second kappa shape index (κ2) is 11.6. The molecule has 0 radical (unpaired) electrons. The number of hydrazine groups is 1. The van der Waals surface area contributed by atoms with Gasteiger partial charge in [0.2, 0.25) is 0 Å². The van der Waals surface area contributed by atoms with Crippen LogP contribution in [-0.2, 0) is 0 Å². The summed E-state index contributed by atoms with van der Waals surface area (Å²) in [5, 5.41) is 0. The molecule has 1 heterocycles. The van der Waals surface area contributed by atoms with Gasteiger partial charge in [-0.15, -0.1) is 0 Å². The van der Waals surface area contributed by atoms with Crippen LogP contribution in [0.5, 0.6) is 0 Å². The van der Waals surface area contributed by atoms with Crippen LogP contribution in [0, 0.1) is 0 Å². The maximum absolute atomic E-state index is 5.17. The average Bonchev–Trinajstić information content (AvgIpc) is 2.34. The molecular weight excluding hydrogens is 174 g/mol. The molecule has 0 atom stereocenters. The van der Waals surface area contributed by atoms with E-state index in [9.17, 15) is 0 Å². The quantitative estimate of drug-likeness (QED) is 0.563. The number of anilines is 1. The number of hydrogen-bond donors (Lipinski definition) is 2. The first-order valence-corrected chi connectivity index (χ1v) is 4.92. The second-order valence-corrected chi connectivity index (χ2v) is 1.79. The zero-order chi connectivity index (χ0) is 11.4. The minimum absolute atomic E-state index is 0.650. The minimum Gasteiger partial charge on any atom is -0.308 e. The molecule has 0 spiro atoms. The van der Waals surface area contributed by atoms with Crippen LogP contribution in [0.4, 0.5) is 5.82 Å². The maximum atomic E-state index is 5.17. The predicted octanol–water partition coefficient (Wildman–Crippen LogP) is 3.06. The topological polar surface area (TPSA) is 50.9 Å². The first kappa shape index (κ1) is 15.1. The van der Waals surface area contributed by atoms with Crippen LogP contribution >= 0.6 is 0 Å². The summed E-state index contributed by atoms with van der Waals surface area (Å²) in [6.07, 6.45) is 3.37. The van der Waals surface area contributed by atoms with E-state index in [4.69, 9.17) is 5.84 Å². The van der Waals surface area contributed by atoms with E-state index in [1.807, 2.05) is 39.8 Å². The largest absolute Gasteiger partial charge is 0.308 e. The fraction of sp³-hybridized carbons (Fsp3) is 0.364. The molecule has 0 unspecified atom stereocenters. The number of nitrogens with zero attached hydrogens (tertiary/aromatic N) is 1. The van der Waals surface area contributed by atoms with Crippen LogP contribution in [-0.4, -0.2) is 4.98 Å². The van der Waals surface area contributed by atoms with Gasteiger partial charge in [-0.05, 0) is 12.1 Å². The Labute approximate surface area is 87.0 Å². The molecule has 80 valence electrons. The van der Waals surface area contributed by atoms with Crippen molar-refractivity contribution in [3.63, 3.8) is 0 Å². The molecule has 3 nitrogen and oxygen atoms in total. The van der Waals surface area contributed by atoms with Crippen molar-refractivity contribution in [3.8, 4) is 0 Å². The molecular formula is C11H21N3. The lowest BCUT2D eigenvalue weighted by Crippen LogP contribution is -2.09. The van der Waals surface area contributed by atoms with Gasteiger partial charge in [-0.3, -0.25) is 0 Å². The molecule has 3 heteroatoms. The molecule has 0 bridgehead atoms. The summed E-state index contributed by atoms with van der Waals surface area (Å²) in [7, 11) is 0. The summed E-state index contributed by atoms with van der Waals surface area (Å²) in [6.45, 7) is 11.6. The summed E-state index contributed by atoms with van der Waals surface area (Å²) in [6, 6.07) is 3.72. The SMILES string of the molecule is C=Cc1cccnc1NN.CC.CC. The number of pyridine rings is 1. The van der Waals surface area contributed by atoms with Crippen molar-refractivity contribution in [3.05, 3.63) is 30.5 Å². The van der Waals surface area contributed by atoms with Crippen LogP contribution < -0.4 is 11.3 Å². The molecule has 0 amide bonds. The number of aromatic nitrogens is 1. The zero-order valence-electron chi connectivity index (χ0n) is 9.54. The Balaban J connectivity index is 0. The summed E-state index contributed by atoms with van der Waals surface area (Å²) in [5.74, 6) is 5.82. The molecule has 0 aliphatic heterocycles. The van der Waals surface area contributed by atoms with Crippen molar-refractivity contribution in [2.45, 2.75) is 27.7 Å². The third-order valence-electron chi connectivity index (χ3n) is 1.20. The third-order valence-corrected chi connectivity index (χ3v) is 1.20. The summed E-state index contributed by atoms with van der Waals surface area (Å²) < 4.78 is 0. The van der Waals surface area contributed by atoms with Gasteiger partial charge in [-0.25, -0.2) is 10.8 Å². The van der Waals surface area contributed by atoms with Crippen molar-refractivity contribution in [2.24, 2.45) is 5.84 Å². The lowest BCUT2D eigenvalue weighted by molar-refractivity contribution is 1.22. The highest BCUT2D eigenvalue weighted by Gasteiger charge is 1.93. The summed E-state index contributed by atoms with van der Waals surface area (Å²) in [4.78, 5) is 3.96. The van der Waals surface area contributed by atoms with Crippen molar-refractivity contribution >= 4 is 11.9 Å². The Morgan fingerprint density at radius 3 is 2.29 bits per heavy atom. The fourth-order valence-corrected chi connectivity index (χ4v) is 0.703. The van der Waals surface area contributed by atoms with Gasteiger partial charge in [0.15, 0.2) is 0 Å². The molecule has 0 fully saturated rings. The second-order valence-electron chi connectivity index (χ2n) is 1.79. The van der Waals surface area contributed by atoms with Crippen LogP contribution in [0.3, 0.4) is 0 Å². The number of nitrogen functional groups attached to an aromatic ring is 1. The molecule has 1 aromatic heterocycles. The Morgan fingerprint density at radius 2 is 1.93 bits per heavy atom. The predicted molar refractivity (Wildman–Crippen MR) is 64.8 cm³/mol. The van der Waals surface area contributed by atoms with Gasteiger partial charge < -0.3 is 5.43 Å². The molecule has 1 aromatic rings. The minimum atomic E-state index is 0.650. The Morgan fingerprint density at radius 1 is 1.36 bits per heavy atom. The molecule has 0 aromatic carbocycles. The lowest BCUT2D eigenvalue weighted by atomic mass is 10.2. The smallest absolute Gasteiger partial charge is 0.147 e. The molecule has 0 saturated heterocycles. The van der Waals surface area contributed by atoms with Crippen molar-refractivity contribution in [2.75, 3.05) is 5.43 Å². The highest BCUT2D eigenvalue weighted by Crippen LogP contribution is 2.09. The molecule has 14 heavy (non-hydrogen) atoms. The van der Waals surface area contributed by atoms with E-state index in [-0.39, 0.29) is 0 Å². The van der Waals surface area contributed by atoms with Crippen LogP contribution in [0.25, 0.3) is 6.08 Å². The van der Waals surface area contributed by atoms with Crippen LogP contribution in [0.2, 0.25) is 0 Å². The van der Waals surface area contributed by atoms with Crippen LogP contribution in [0.1, 0.15) is 33.3 Å². The Kier molecular flexibility index (Phi) is 12.6. The highest BCUT2D eigenvalue weighted by atomic mass is 15.2. The third kappa shape index (κ3) is 5.32. The summed E-state index contributed by atoms with van der Waals surface area (Å²) in [5.41, 5.74) is 3.37. The van der Waals surface area contributed by atoms with E-state index in [1.54, 1.807) is 12.3 Å². The normalized spacial score (nSPS) is 7.21. The van der Waals surface area contributed by atoms with Gasteiger partial charge in [0, 0.05) is 11.8 Å². The Bertz CT molecular complexity index is 234. The molecule has 0 saturated carbocycles. The van der Waals surface area contributed by atoms with E-state index in [0.717, 1.165) is 5.56 Å². The lowest BCUT2D eigenvalue weighted by Gasteiger charge is -2.00. The first-order valence-electron chi connectivity index (χ1n) is 4.92. The molecule has 0 aliphatic carbocycles. The van der Waals surface area contributed by atoms with Gasteiger partial charge in [0.25, 0.3) is 0 Å². The first-order chi connectivity index (χ1) is 6.88. The van der Waals surface area contributed by atoms with Gasteiger partial charge in [0.05, 0.1) is 0 Å². The average molecular weight is 195 g/mol. The molecule has 1 rings (SSSR count). The van der Waals surface area contributed by atoms with Gasteiger partial charge in [-0.1, -0.05) is 40.3 Å². The number of nitrogens with two attached hydrogens (primary N) is 1. The number of rotatable bonds is 2. The van der Waals surface area contributed by atoms with E-state index in [0.29, 0.717) is 5.82 Å². The maximum Gasteiger partial charge on any atom is 0.147 e. The molecule has 3 N–H and O–H groups in total. The van der Waals surface area contributed by atoms with Gasteiger partial charge in [-0.2, -0.15) is 0 Å². The van der Waals surface area contributed by atoms with Gasteiger partial charge in [0.1, 0.15) is 5.82 Å². The number of hydrogen-bond acceptors (Lipinski definition) is 3. The fourth-order valence-electron chi connectivity index (χ4n) is 0.703. The Hall–Kier alpha value is -1.35. The van der Waals surface area contributed by atoms with Crippen molar-refractivity contribution in [1.29, 1.82) is 0 Å². The van der Waals surface area contributed by atoms with Crippen molar-refractivity contribution < 1.29 is 0 Å². The standard InChI is InChI=1S/C7H9N3.2C2H6/c1-2-6-4-3-5-9-7(6)10-8;2*1-2/h2-5H,1,8H2,(H,9,10);2*1-2H3. The summed E-state index contributed by atoms with van der Waals surface area (Å²) >= 11 is 0. The van der Waals surface area contributed by atoms with Crippen LogP contribution in [0.15, 0.2) is 24.9 Å². The number of nitrogens with one attached hydrogen (secondary N) is 1. The van der Waals surface area contributed by atoms with Crippen molar-refractivity contribution in [1.82, 2.24) is 4.98 Å². The monoisotopic (exact) mass is 195 g/mol.